The molecular weight excluding hydrogens is 144 g/mol. The summed E-state index contributed by atoms with van der Waals surface area (Å²) in [5.41, 5.74) is -0.110. The van der Waals surface area contributed by atoms with Gasteiger partial charge in [0.25, 0.3) is 5.56 Å². The minimum Gasteiger partial charge on any atom is -0.269 e. The Bertz CT molecular complexity index is 441. The van der Waals surface area contributed by atoms with Crippen LogP contribution in [0.25, 0.3) is 5.78 Å². The van der Waals surface area contributed by atoms with Crippen LogP contribution in [0, 0.1) is 6.92 Å². The van der Waals surface area contributed by atoms with Gasteiger partial charge < -0.3 is 0 Å². The number of nitrogens with one attached hydrogen (secondary N) is 1. The van der Waals surface area contributed by atoms with Crippen molar-refractivity contribution >= 4 is 5.78 Å². The van der Waals surface area contributed by atoms with Gasteiger partial charge in [-0.15, -0.1) is 0 Å². The highest BCUT2D eigenvalue weighted by Gasteiger charge is 2.00. The summed E-state index contributed by atoms with van der Waals surface area (Å²) in [5, 5.41) is 6.46. The monoisotopic (exact) mass is 150 g/mol. The summed E-state index contributed by atoms with van der Waals surface area (Å²) in [5.74, 6) is 1.10. The lowest BCUT2D eigenvalue weighted by atomic mass is 10.6. The van der Waals surface area contributed by atoms with Crippen molar-refractivity contribution in [3.05, 3.63) is 28.4 Å². The van der Waals surface area contributed by atoms with Gasteiger partial charge in [0.15, 0.2) is 0 Å². The van der Waals surface area contributed by atoms with Crippen molar-refractivity contribution in [1.29, 1.82) is 0 Å². The largest absolute Gasteiger partial charge is 0.269 e. The molecule has 0 aliphatic heterocycles. The smallest absolute Gasteiger partial charge is 0.260 e. The molecule has 2 rings (SSSR count). The van der Waals surface area contributed by atoms with Crippen molar-refractivity contribution in [3.63, 3.8) is 0 Å². The van der Waals surface area contributed by atoms with Crippen LogP contribution in [0.4, 0.5) is 0 Å². The van der Waals surface area contributed by atoms with Crippen LogP contribution < -0.4 is 5.56 Å². The number of hydrogen-bond donors (Lipinski definition) is 1. The summed E-state index contributed by atoms with van der Waals surface area (Å²) >= 11 is 0. The topological polar surface area (TPSA) is 63.0 Å². The van der Waals surface area contributed by atoms with Crippen LogP contribution in [-0.2, 0) is 0 Å². The van der Waals surface area contributed by atoms with Gasteiger partial charge in [-0.3, -0.25) is 4.79 Å². The Morgan fingerprint density at radius 1 is 1.64 bits per heavy atom. The Morgan fingerprint density at radius 2 is 2.45 bits per heavy atom. The number of aromatic amines is 1. The maximum Gasteiger partial charge on any atom is 0.260 e. The van der Waals surface area contributed by atoms with E-state index < -0.39 is 0 Å². The molecule has 5 nitrogen and oxygen atoms in total. The first kappa shape index (κ1) is 6.09. The zero-order valence-electron chi connectivity index (χ0n) is 5.90. The van der Waals surface area contributed by atoms with Crippen molar-refractivity contribution in [3.8, 4) is 0 Å². The lowest BCUT2D eigenvalue weighted by Gasteiger charge is -1.88. The van der Waals surface area contributed by atoms with Crippen LogP contribution in [0.15, 0.2) is 17.1 Å². The van der Waals surface area contributed by atoms with E-state index >= 15 is 0 Å². The Labute approximate surface area is 61.7 Å². The second-order valence-electron chi connectivity index (χ2n) is 2.21. The third kappa shape index (κ3) is 0.739. The lowest BCUT2D eigenvalue weighted by Crippen LogP contribution is -2.12. The summed E-state index contributed by atoms with van der Waals surface area (Å²) in [4.78, 5) is 15.0. The van der Waals surface area contributed by atoms with E-state index in [1.165, 1.54) is 16.7 Å². The van der Waals surface area contributed by atoms with E-state index in [0.717, 1.165) is 0 Å². The summed E-state index contributed by atoms with van der Waals surface area (Å²) < 4.78 is 1.42. The molecule has 2 heterocycles. The molecule has 0 saturated heterocycles. The molecule has 0 unspecified atom stereocenters. The molecule has 0 bridgehead atoms. The Balaban J connectivity index is 3.08. The van der Waals surface area contributed by atoms with Gasteiger partial charge >= 0.3 is 0 Å². The number of rotatable bonds is 0. The number of nitrogens with zero attached hydrogens (tertiary/aromatic N) is 3. The fraction of sp³-hybridized carbons (Fsp3) is 0.167. The Hall–Kier alpha value is -1.65. The molecule has 0 aliphatic carbocycles. The van der Waals surface area contributed by atoms with E-state index in [9.17, 15) is 4.79 Å². The fourth-order valence-corrected chi connectivity index (χ4v) is 0.981. The normalized spacial score (nSPS) is 10.6. The molecule has 0 aromatic carbocycles. The molecular formula is C6H6N4O. The first-order valence-electron chi connectivity index (χ1n) is 3.18. The van der Waals surface area contributed by atoms with Crippen molar-refractivity contribution in [1.82, 2.24) is 19.6 Å². The second kappa shape index (κ2) is 1.91. The Morgan fingerprint density at radius 3 is 3.18 bits per heavy atom. The third-order valence-electron chi connectivity index (χ3n) is 1.49. The quantitative estimate of drug-likeness (QED) is 0.562. The fourth-order valence-electron chi connectivity index (χ4n) is 0.981. The zero-order valence-corrected chi connectivity index (χ0v) is 5.90. The van der Waals surface area contributed by atoms with Crippen LogP contribution in [0.3, 0.4) is 0 Å². The van der Waals surface area contributed by atoms with Gasteiger partial charge in [0, 0.05) is 12.3 Å². The minimum absolute atomic E-state index is 0.110. The van der Waals surface area contributed by atoms with Crippen molar-refractivity contribution < 1.29 is 0 Å². The molecule has 0 fully saturated rings. The molecule has 11 heavy (non-hydrogen) atoms. The third-order valence-corrected chi connectivity index (χ3v) is 1.49. The van der Waals surface area contributed by atoms with Gasteiger partial charge in [0.1, 0.15) is 5.82 Å². The van der Waals surface area contributed by atoms with Crippen molar-refractivity contribution in [2.75, 3.05) is 0 Å². The van der Waals surface area contributed by atoms with Crippen LogP contribution >= 0.6 is 0 Å². The van der Waals surface area contributed by atoms with Gasteiger partial charge in [-0.05, 0) is 6.92 Å². The van der Waals surface area contributed by atoms with Gasteiger partial charge in [-0.25, -0.2) is 14.5 Å². The number of fused-ring (bicyclic) bond motifs is 1. The van der Waals surface area contributed by atoms with Crippen molar-refractivity contribution in [2.24, 2.45) is 0 Å². The SMILES string of the molecule is Cc1n[nH]c2nccc(=O)n12. The molecule has 0 radical (unpaired) electrons. The maximum atomic E-state index is 11.1. The van der Waals surface area contributed by atoms with Crippen LogP contribution in [-0.4, -0.2) is 19.6 Å². The van der Waals surface area contributed by atoms with E-state index in [-0.39, 0.29) is 5.56 Å². The summed E-state index contributed by atoms with van der Waals surface area (Å²) in [7, 11) is 0. The number of aromatic nitrogens is 4. The van der Waals surface area contributed by atoms with E-state index in [2.05, 4.69) is 15.2 Å². The predicted octanol–water partition coefficient (Wildman–Crippen LogP) is -0.274. The van der Waals surface area contributed by atoms with E-state index in [1.807, 2.05) is 0 Å². The first-order valence-corrected chi connectivity index (χ1v) is 3.18. The molecule has 5 heteroatoms. The lowest BCUT2D eigenvalue weighted by molar-refractivity contribution is 0.975. The summed E-state index contributed by atoms with van der Waals surface area (Å²) in [6.07, 6.45) is 1.45. The number of H-pyrrole nitrogens is 1. The molecule has 0 saturated carbocycles. The van der Waals surface area contributed by atoms with Gasteiger partial charge in [0.05, 0.1) is 0 Å². The van der Waals surface area contributed by atoms with Gasteiger partial charge in [-0.1, -0.05) is 0 Å². The summed E-state index contributed by atoms with van der Waals surface area (Å²) in [6.45, 7) is 1.74. The van der Waals surface area contributed by atoms with Gasteiger partial charge in [-0.2, -0.15) is 5.10 Å². The van der Waals surface area contributed by atoms with E-state index in [0.29, 0.717) is 11.6 Å². The van der Waals surface area contributed by atoms with Crippen LogP contribution in [0.1, 0.15) is 5.82 Å². The van der Waals surface area contributed by atoms with Crippen molar-refractivity contribution in [2.45, 2.75) is 6.92 Å². The molecule has 0 amide bonds. The second-order valence-corrected chi connectivity index (χ2v) is 2.21. The molecule has 0 atom stereocenters. The summed E-state index contributed by atoms with van der Waals surface area (Å²) in [6, 6.07) is 1.40. The standard InChI is InChI=1S/C6H6N4O/c1-4-8-9-6-7-3-2-5(11)10(4)6/h2-3H,1H3,(H,7,9). The number of aryl methyl sites for hydroxylation is 1. The Kier molecular flexibility index (Phi) is 1.06. The highest BCUT2D eigenvalue weighted by molar-refractivity contribution is 5.25. The predicted molar refractivity (Wildman–Crippen MR) is 38.3 cm³/mol. The zero-order chi connectivity index (χ0) is 7.84. The van der Waals surface area contributed by atoms with Crippen LogP contribution in [0.2, 0.25) is 0 Å². The number of hydrogen-bond acceptors (Lipinski definition) is 3. The minimum atomic E-state index is -0.110. The highest BCUT2D eigenvalue weighted by atomic mass is 16.1. The average Bonchev–Trinajstić information content (AvgIpc) is 2.34. The van der Waals surface area contributed by atoms with E-state index in [4.69, 9.17) is 0 Å². The molecule has 2 aromatic rings. The van der Waals surface area contributed by atoms with Crippen LogP contribution in [0.5, 0.6) is 0 Å². The molecule has 0 aliphatic rings. The first-order chi connectivity index (χ1) is 5.29. The molecule has 56 valence electrons. The molecule has 2 aromatic heterocycles. The maximum absolute atomic E-state index is 11.1. The highest BCUT2D eigenvalue weighted by Crippen LogP contribution is 1.91. The molecule has 0 spiro atoms. The van der Waals surface area contributed by atoms with E-state index in [1.54, 1.807) is 6.92 Å². The molecule has 1 N–H and O–H groups in total. The van der Waals surface area contributed by atoms with Gasteiger partial charge in [0.2, 0.25) is 5.78 Å². The average molecular weight is 150 g/mol.